The van der Waals surface area contributed by atoms with Crippen LogP contribution in [0.15, 0.2) is 79.4 Å². The number of aryl methyl sites for hydroxylation is 3. The highest BCUT2D eigenvalue weighted by Gasteiger charge is 1.87. The molecule has 0 atom stereocenters. The smallest absolute Gasteiger partial charge is 0.0267 e. The average Bonchev–Trinajstić information content (AvgIpc) is 2.68. The van der Waals surface area contributed by atoms with Gasteiger partial charge in [0, 0.05) is 24.8 Å². The molecule has 0 spiro atoms. The average molecular weight is 339 g/mol. The van der Waals surface area contributed by atoms with E-state index in [9.17, 15) is 0 Å². The summed E-state index contributed by atoms with van der Waals surface area (Å²) >= 11 is 0. The number of benzene rings is 1. The molecule has 0 fully saturated rings. The maximum atomic E-state index is 3.78. The molecule has 0 aliphatic rings. The van der Waals surface area contributed by atoms with Crippen molar-refractivity contribution in [3.63, 3.8) is 0 Å². The molecule has 2 aromatic heterocycles. The molecule has 3 rings (SSSR count). The number of hydrogen-bond acceptors (Lipinski definition) is 2. The summed E-state index contributed by atoms with van der Waals surface area (Å²) in [5.41, 5.74) is 4.06. The molecule has 0 N–H and O–H groups in total. The number of nitrogens with zero attached hydrogens (tertiary/aromatic N) is 2. The molecule has 0 amide bonds. The van der Waals surface area contributed by atoms with Crippen LogP contribution in [0.3, 0.4) is 0 Å². The lowest BCUT2D eigenvalue weighted by Gasteiger charge is -1.96. The second kappa shape index (κ2) is 19.6. The zero-order chi connectivity index (χ0) is 19.3. The predicted molar refractivity (Wildman–Crippen MR) is 112 cm³/mol. The Hall–Kier alpha value is -2.48. The van der Waals surface area contributed by atoms with Crippen LogP contribution >= 0.6 is 0 Å². The largest absolute Gasteiger partial charge is 0.265 e. The van der Waals surface area contributed by atoms with E-state index in [0.717, 1.165) is 0 Å². The third kappa shape index (κ3) is 17.7. The quantitative estimate of drug-likeness (QED) is 0.449. The van der Waals surface area contributed by atoms with E-state index in [1.165, 1.54) is 16.7 Å². The van der Waals surface area contributed by atoms with Crippen LogP contribution in [-0.2, 0) is 0 Å². The van der Waals surface area contributed by atoms with E-state index in [2.05, 4.69) is 48.9 Å². The molecule has 2 heterocycles. The van der Waals surface area contributed by atoms with E-state index in [0.29, 0.717) is 0 Å². The lowest BCUT2D eigenvalue weighted by atomic mass is 10.1. The van der Waals surface area contributed by atoms with Gasteiger partial charge in [-0.25, -0.2) is 0 Å². The number of pyridine rings is 2. The van der Waals surface area contributed by atoms with Gasteiger partial charge in [-0.2, -0.15) is 0 Å². The molecule has 1 aromatic carbocycles. The van der Waals surface area contributed by atoms with Gasteiger partial charge in [-0.15, -0.1) is 0 Å². The van der Waals surface area contributed by atoms with E-state index in [1.54, 1.807) is 24.8 Å². The molecule has 25 heavy (non-hydrogen) atoms. The Bertz CT molecular complexity index is 458. The van der Waals surface area contributed by atoms with Crippen LogP contribution in [0.2, 0.25) is 0 Å². The minimum absolute atomic E-state index is 1.35. The highest BCUT2D eigenvalue weighted by molar-refractivity contribution is 5.27. The Morgan fingerprint density at radius 1 is 0.440 bits per heavy atom. The molecule has 0 saturated carbocycles. The van der Waals surface area contributed by atoms with Gasteiger partial charge in [0.2, 0.25) is 0 Å². The van der Waals surface area contributed by atoms with Crippen molar-refractivity contribution in [2.45, 2.75) is 48.5 Å². The van der Waals surface area contributed by atoms with E-state index < -0.39 is 0 Å². The summed E-state index contributed by atoms with van der Waals surface area (Å²) in [5.74, 6) is 0. The van der Waals surface area contributed by atoms with Gasteiger partial charge in [-0.05, 0) is 45.0 Å². The van der Waals surface area contributed by atoms with Crippen molar-refractivity contribution in [2.75, 3.05) is 0 Å². The van der Waals surface area contributed by atoms with Gasteiger partial charge in [-0.1, -0.05) is 74.7 Å². The van der Waals surface area contributed by atoms with Crippen LogP contribution in [0.25, 0.3) is 0 Å². The molecular weight excluding hydrogens is 304 g/mol. The van der Waals surface area contributed by atoms with Gasteiger partial charge in [-0.3, -0.25) is 9.97 Å². The fourth-order valence-corrected chi connectivity index (χ4v) is 1.83. The molecule has 2 nitrogen and oxygen atoms in total. The summed E-state index contributed by atoms with van der Waals surface area (Å²) in [6, 6.07) is 18.0. The number of rotatable bonds is 0. The second-order valence-corrected chi connectivity index (χ2v) is 4.71. The zero-order valence-corrected chi connectivity index (χ0v) is 16.9. The van der Waals surface area contributed by atoms with Gasteiger partial charge in [0.15, 0.2) is 0 Å². The molecule has 3 aromatic rings. The molecular formula is C23H34N2. The first-order valence-electron chi connectivity index (χ1n) is 8.93. The minimum atomic E-state index is 1.35. The molecule has 0 radical (unpaired) electrons. The Kier molecular flexibility index (Phi) is 19.4. The summed E-state index contributed by atoms with van der Waals surface area (Å²) in [4.78, 5) is 7.57. The zero-order valence-electron chi connectivity index (χ0n) is 16.9. The second-order valence-electron chi connectivity index (χ2n) is 4.71. The molecule has 0 saturated heterocycles. The Morgan fingerprint density at radius 2 is 0.680 bits per heavy atom. The lowest BCUT2D eigenvalue weighted by Crippen LogP contribution is -1.78. The van der Waals surface area contributed by atoms with Crippen LogP contribution in [-0.4, -0.2) is 9.97 Å². The first-order chi connectivity index (χ1) is 12.2. The summed E-state index contributed by atoms with van der Waals surface area (Å²) in [7, 11) is 0. The lowest BCUT2D eigenvalue weighted by molar-refractivity contribution is 1.32. The van der Waals surface area contributed by atoms with Crippen LogP contribution in [0.5, 0.6) is 0 Å². The fourth-order valence-electron chi connectivity index (χ4n) is 1.83. The topological polar surface area (TPSA) is 25.8 Å². The Balaban J connectivity index is 0. The van der Waals surface area contributed by atoms with Gasteiger partial charge < -0.3 is 0 Å². The van der Waals surface area contributed by atoms with Gasteiger partial charge in [0.1, 0.15) is 0 Å². The molecule has 0 aliphatic carbocycles. The van der Waals surface area contributed by atoms with E-state index in [1.807, 2.05) is 64.1 Å². The fraction of sp³-hybridized carbons (Fsp3) is 0.304. The Morgan fingerprint density at radius 3 is 0.800 bits per heavy atom. The van der Waals surface area contributed by atoms with E-state index in [-0.39, 0.29) is 0 Å². The van der Waals surface area contributed by atoms with Crippen molar-refractivity contribution in [1.29, 1.82) is 0 Å². The first kappa shape index (κ1) is 24.8. The van der Waals surface area contributed by atoms with E-state index >= 15 is 0 Å². The normalized spacial score (nSPS) is 7.80. The molecule has 2 heteroatoms. The number of hydrogen-bond donors (Lipinski definition) is 0. The summed E-state index contributed by atoms with van der Waals surface area (Å²) in [6.45, 7) is 14.4. The third-order valence-electron chi connectivity index (χ3n) is 2.50. The van der Waals surface area contributed by atoms with Crippen molar-refractivity contribution in [3.05, 3.63) is 96.1 Å². The molecule has 0 bridgehead atoms. The van der Waals surface area contributed by atoms with Crippen molar-refractivity contribution >= 4 is 0 Å². The monoisotopic (exact) mass is 338 g/mol. The van der Waals surface area contributed by atoms with Crippen LogP contribution in [0, 0.1) is 20.8 Å². The van der Waals surface area contributed by atoms with Crippen LogP contribution < -0.4 is 0 Å². The molecule has 136 valence electrons. The van der Waals surface area contributed by atoms with Gasteiger partial charge in [0.05, 0.1) is 0 Å². The first-order valence-corrected chi connectivity index (χ1v) is 8.93. The van der Waals surface area contributed by atoms with Crippen molar-refractivity contribution in [2.24, 2.45) is 0 Å². The van der Waals surface area contributed by atoms with Gasteiger partial charge in [0.25, 0.3) is 0 Å². The minimum Gasteiger partial charge on any atom is -0.265 e. The third-order valence-corrected chi connectivity index (χ3v) is 2.50. The maximum Gasteiger partial charge on any atom is 0.0267 e. The SMILES string of the molecule is CC.CC.Cc1cc(C)cc(C)c1.c1ccncc1.c1ccncc1. The predicted octanol–water partition coefficient (Wildman–Crippen LogP) is 6.83. The molecule has 0 unspecified atom stereocenters. The van der Waals surface area contributed by atoms with Gasteiger partial charge >= 0.3 is 0 Å². The van der Waals surface area contributed by atoms with Crippen molar-refractivity contribution in [3.8, 4) is 0 Å². The maximum absolute atomic E-state index is 3.78. The van der Waals surface area contributed by atoms with Crippen molar-refractivity contribution in [1.82, 2.24) is 9.97 Å². The summed E-state index contributed by atoms with van der Waals surface area (Å²) in [6.07, 6.45) is 7.00. The highest BCUT2D eigenvalue weighted by atomic mass is 14.6. The highest BCUT2D eigenvalue weighted by Crippen LogP contribution is 2.06. The van der Waals surface area contributed by atoms with Crippen molar-refractivity contribution < 1.29 is 0 Å². The number of aromatic nitrogens is 2. The summed E-state index contributed by atoms with van der Waals surface area (Å²) in [5, 5.41) is 0. The Labute approximate surface area is 155 Å². The standard InChI is InChI=1S/C9H12.2C5H5N.2C2H6/c1-7-4-8(2)6-9(3)5-7;2*1-2-4-6-5-3-1;2*1-2/h4-6H,1-3H3;2*1-5H;2*1-2H3. The summed E-state index contributed by atoms with van der Waals surface area (Å²) < 4.78 is 0. The van der Waals surface area contributed by atoms with E-state index in [4.69, 9.17) is 0 Å². The molecule has 0 aliphatic heterocycles. The van der Waals surface area contributed by atoms with Crippen LogP contribution in [0.1, 0.15) is 44.4 Å². The van der Waals surface area contributed by atoms with Crippen LogP contribution in [0.4, 0.5) is 0 Å².